The molecule has 0 bridgehead atoms. The van der Waals surface area contributed by atoms with Crippen molar-refractivity contribution in [2.45, 2.75) is 0 Å². The predicted molar refractivity (Wildman–Crippen MR) is 132 cm³/mol. The summed E-state index contributed by atoms with van der Waals surface area (Å²) in [6, 6.07) is 21.1. The summed E-state index contributed by atoms with van der Waals surface area (Å²) < 4.78 is 5.26. The minimum Gasteiger partial charge on any atom is -0.506 e. The first-order valence-electron chi connectivity index (χ1n) is 8.26. The van der Waals surface area contributed by atoms with Gasteiger partial charge < -0.3 is 5.11 Å². The van der Waals surface area contributed by atoms with Crippen molar-refractivity contribution in [3.63, 3.8) is 0 Å². The lowest BCUT2D eigenvalue weighted by atomic mass is 9.93. The number of aromatic hydroxyl groups is 1. The molecule has 132 valence electrons. The Labute approximate surface area is 190 Å². The summed E-state index contributed by atoms with van der Waals surface area (Å²) in [7, 11) is 0. The molecule has 0 atom stereocenters. The highest BCUT2D eigenvalue weighted by Crippen LogP contribution is 2.48. The quantitative estimate of drug-likeness (QED) is 0.189. The Bertz CT molecular complexity index is 1350. The first-order valence-corrected chi connectivity index (χ1v) is 11.7. The molecule has 5 heteroatoms. The predicted octanol–water partition coefficient (Wildman–Crippen LogP) is 8.71. The molecule has 0 spiro atoms. The van der Waals surface area contributed by atoms with E-state index in [0.717, 1.165) is 5.56 Å². The Kier molecular flexibility index (Phi) is 4.46. The molecule has 0 saturated heterocycles. The Hall–Kier alpha value is -1.15. The van der Waals surface area contributed by atoms with E-state index in [2.05, 4.69) is 103 Å². The molecular formula is C22H11Br2IOS. The molecule has 4 aromatic carbocycles. The summed E-state index contributed by atoms with van der Waals surface area (Å²) in [6.45, 7) is 0. The average Bonchev–Trinajstić information content (AvgIpc) is 3.06. The van der Waals surface area contributed by atoms with Crippen LogP contribution in [0.2, 0.25) is 0 Å². The van der Waals surface area contributed by atoms with Gasteiger partial charge in [0.1, 0.15) is 5.75 Å². The van der Waals surface area contributed by atoms with Crippen molar-refractivity contribution in [1.82, 2.24) is 0 Å². The Balaban J connectivity index is 2.08. The Morgan fingerprint density at radius 3 is 2.11 bits per heavy atom. The maximum Gasteiger partial charge on any atom is 0.143 e. The van der Waals surface area contributed by atoms with E-state index >= 15 is 0 Å². The van der Waals surface area contributed by atoms with Crippen LogP contribution >= 0.6 is 65.8 Å². The fraction of sp³-hybridized carbons (Fsp3) is 0. The van der Waals surface area contributed by atoms with E-state index in [1.165, 1.54) is 40.1 Å². The SMILES string of the molecule is Oc1c(Br)cc(-c2c3ccccc3c(I)c3sc4ccccc4c23)cc1Br. The lowest BCUT2D eigenvalue weighted by Crippen LogP contribution is -1.88. The van der Waals surface area contributed by atoms with Gasteiger partial charge in [-0.2, -0.15) is 0 Å². The summed E-state index contributed by atoms with van der Waals surface area (Å²) in [4.78, 5) is 0. The number of thiophene rings is 1. The van der Waals surface area contributed by atoms with Crippen LogP contribution in [-0.2, 0) is 0 Å². The van der Waals surface area contributed by atoms with Crippen LogP contribution in [0, 0.1) is 3.57 Å². The largest absolute Gasteiger partial charge is 0.506 e. The molecule has 5 aromatic rings. The van der Waals surface area contributed by atoms with Crippen molar-refractivity contribution in [2.75, 3.05) is 0 Å². The molecule has 0 radical (unpaired) electrons. The molecule has 1 aromatic heterocycles. The van der Waals surface area contributed by atoms with Gasteiger partial charge in [-0.25, -0.2) is 0 Å². The van der Waals surface area contributed by atoms with Gasteiger partial charge in [0.05, 0.1) is 13.6 Å². The highest BCUT2D eigenvalue weighted by molar-refractivity contribution is 14.1. The molecule has 0 saturated carbocycles. The van der Waals surface area contributed by atoms with Gasteiger partial charge in [-0.3, -0.25) is 0 Å². The van der Waals surface area contributed by atoms with Gasteiger partial charge in [0.15, 0.2) is 0 Å². The molecule has 27 heavy (non-hydrogen) atoms. The number of hydrogen-bond acceptors (Lipinski definition) is 2. The summed E-state index contributed by atoms with van der Waals surface area (Å²) in [5, 5.41) is 15.2. The fourth-order valence-corrected chi connectivity index (χ4v) is 7.02. The minimum atomic E-state index is 0.222. The molecule has 0 unspecified atom stereocenters. The highest BCUT2D eigenvalue weighted by atomic mass is 127. The summed E-state index contributed by atoms with van der Waals surface area (Å²) in [6.07, 6.45) is 0. The Morgan fingerprint density at radius 1 is 0.815 bits per heavy atom. The molecule has 1 nitrogen and oxygen atoms in total. The highest BCUT2D eigenvalue weighted by Gasteiger charge is 2.19. The number of phenols is 1. The van der Waals surface area contributed by atoms with Gasteiger partial charge in [-0.05, 0) is 94.5 Å². The van der Waals surface area contributed by atoms with Crippen molar-refractivity contribution < 1.29 is 5.11 Å². The molecule has 0 aliphatic rings. The van der Waals surface area contributed by atoms with Crippen molar-refractivity contribution >= 4 is 96.7 Å². The molecule has 5 rings (SSSR count). The summed E-state index contributed by atoms with van der Waals surface area (Å²) >= 11 is 11.3. The number of phenolic OH excluding ortho intramolecular Hbond substituents is 1. The zero-order valence-electron chi connectivity index (χ0n) is 13.8. The van der Waals surface area contributed by atoms with E-state index in [4.69, 9.17) is 0 Å². The molecule has 1 heterocycles. The zero-order valence-corrected chi connectivity index (χ0v) is 19.9. The molecule has 0 fully saturated rings. The van der Waals surface area contributed by atoms with Gasteiger partial charge in [0, 0.05) is 19.0 Å². The van der Waals surface area contributed by atoms with Crippen LogP contribution in [0.25, 0.3) is 42.1 Å². The van der Waals surface area contributed by atoms with Crippen molar-refractivity contribution in [3.05, 3.63) is 73.2 Å². The van der Waals surface area contributed by atoms with E-state index in [1.54, 1.807) is 0 Å². The molecule has 1 N–H and O–H groups in total. The summed E-state index contributed by atoms with van der Waals surface area (Å²) in [5.74, 6) is 0.222. The van der Waals surface area contributed by atoms with E-state index in [0.29, 0.717) is 8.95 Å². The van der Waals surface area contributed by atoms with E-state index in [9.17, 15) is 5.11 Å². The van der Waals surface area contributed by atoms with E-state index in [1.807, 2.05) is 23.5 Å². The molecule has 0 aliphatic heterocycles. The molecule has 0 amide bonds. The third-order valence-corrected chi connectivity index (χ3v) is 8.67. The number of hydrogen-bond donors (Lipinski definition) is 1. The van der Waals surface area contributed by atoms with Crippen LogP contribution in [0.4, 0.5) is 0 Å². The van der Waals surface area contributed by atoms with Crippen LogP contribution in [-0.4, -0.2) is 5.11 Å². The first kappa shape index (κ1) is 17.9. The topological polar surface area (TPSA) is 20.2 Å². The third kappa shape index (κ3) is 2.74. The van der Waals surface area contributed by atoms with Crippen LogP contribution in [0.3, 0.4) is 0 Å². The second-order valence-electron chi connectivity index (χ2n) is 6.33. The third-order valence-electron chi connectivity index (χ3n) is 4.78. The van der Waals surface area contributed by atoms with Gasteiger partial charge in [-0.1, -0.05) is 42.5 Å². The van der Waals surface area contributed by atoms with E-state index < -0.39 is 0 Å². The van der Waals surface area contributed by atoms with Crippen LogP contribution in [0.1, 0.15) is 0 Å². The average molecular weight is 610 g/mol. The van der Waals surface area contributed by atoms with Crippen LogP contribution in [0.15, 0.2) is 69.6 Å². The number of fused-ring (bicyclic) bond motifs is 4. The van der Waals surface area contributed by atoms with Crippen molar-refractivity contribution in [2.24, 2.45) is 0 Å². The fourth-order valence-electron chi connectivity index (χ4n) is 3.61. The van der Waals surface area contributed by atoms with Gasteiger partial charge in [-0.15, -0.1) is 11.3 Å². The van der Waals surface area contributed by atoms with Crippen LogP contribution in [0.5, 0.6) is 5.75 Å². The maximum absolute atomic E-state index is 10.2. The second-order valence-corrected chi connectivity index (χ2v) is 10.2. The minimum absolute atomic E-state index is 0.222. The number of rotatable bonds is 1. The number of benzene rings is 4. The maximum atomic E-state index is 10.2. The van der Waals surface area contributed by atoms with E-state index in [-0.39, 0.29) is 5.75 Å². The summed E-state index contributed by atoms with van der Waals surface area (Å²) in [5.41, 5.74) is 2.28. The molecule has 0 aliphatic carbocycles. The Morgan fingerprint density at radius 2 is 1.41 bits per heavy atom. The lowest BCUT2D eigenvalue weighted by Gasteiger charge is -2.14. The normalized spacial score (nSPS) is 11.7. The van der Waals surface area contributed by atoms with Crippen LogP contribution < -0.4 is 0 Å². The van der Waals surface area contributed by atoms with Crippen molar-refractivity contribution in [1.29, 1.82) is 0 Å². The van der Waals surface area contributed by atoms with Gasteiger partial charge in [0.2, 0.25) is 0 Å². The second kappa shape index (κ2) is 6.72. The zero-order chi connectivity index (χ0) is 18.7. The lowest BCUT2D eigenvalue weighted by molar-refractivity contribution is 0.468. The number of halogens is 3. The molecular weight excluding hydrogens is 599 g/mol. The van der Waals surface area contributed by atoms with Crippen molar-refractivity contribution in [3.8, 4) is 16.9 Å². The van der Waals surface area contributed by atoms with Gasteiger partial charge in [0.25, 0.3) is 0 Å². The monoisotopic (exact) mass is 608 g/mol. The first-order chi connectivity index (χ1) is 13.1. The standard InChI is InChI=1S/C22H11Br2IOS/c23-15-9-11(10-16(24)21(15)26)18-12-5-1-2-6-13(12)20(25)22-19(18)14-7-3-4-8-17(14)27-22/h1-10,26H. The van der Waals surface area contributed by atoms with Gasteiger partial charge >= 0.3 is 0 Å². The smallest absolute Gasteiger partial charge is 0.143 e.